The molecule has 3 rings (SSSR count). The molecule has 0 aliphatic rings. The molecular weight excluding hydrogens is 256 g/mol. The molecule has 0 aliphatic heterocycles. The fourth-order valence-electron chi connectivity index (χ4n) is 1.83. The molecular formula is C13H12N6O. The summed E-state index contributed by atoms with van der Waals surface area (Å²) in [4.78, 5) is 12.1. The fourth-order valence-corrected chi connectivity index (χ4v) is 1.83. The van der Waals surface area contributed by atoms with Crippen LogP contribution in [0.3, 0.4) is 0 Å². The third-order valence-corrected chi connectivity index (χ3v) is 2.81. The number of benzene rings is 1. The van der Waals surface area contributed by atoms with Gasteiger partial charge in [0.05, 0.1) is 6.54 Å². The second kappa shape index (κ2) is 5.35. The van der Waals surface area contributed by atoms with Crippen molar-refractivity contribution in [2.75, 3.05) is 0 Å². The van der Waals surface area contributed by atoms with E-state index < -0.39 is 0 Å². The van der Waals surface area contributed by atoms with E-state index in [2.05, 4.69) is 25.9 Å². The molecule has 0 radical (unpaired) electrons. The quantitative estimate of drug-likeness (QED) is 0.736. The van der Waals surface area contributed by atoms with Crippen molar-refractivity contribution in [3.05, 3.63) is 60.2 Å². The van der Waals surface area contributed by atoms with Gasteiger partial charge in [-0.3, -0.25) is 4.79 Å². The van der Waals surface area contributed by atoms with Gasteiger partial charge in [0, 0.05) is 23.6 Å². The Balaban J connectivity index is 1.73. The van der Waals surface area contributed by atoms with Crippen molar-refractivity contribution in [1.29, 1.82) is 0 Å². The summed E-state index contributed by atoms with van der Waals surface area (Å²) in [5.41, 5.74) is 1.52. The van der Waals surface area contributed by atoms with E-state index in [1.807, 2.05) is 47.3 Å². The van der Waals surface area contributed by atoms with Crippen molar-refractivity contribution in [2.24, 2.45) is 0 Å². The first-order valence-electron chi connectivity index (χ1n) is 6.07. The molecule has 2 N–H and O–H groups in total. The third-order valence-electron chi connectivity index (χ3n) is 2.81. The lowest BCUT2D eigenvalue weighted by Gasteiger charge is -2.06. The van der Waals surface area contributed by atoms with Crippen LogP contribution in [0, 0.1) is 0 Å². The van der Waals surface area contributed by atoms with E-state index in [0.29, 0.717) is 11.4 Å². The second-order valence-electron chi connectivity index (χ2n) is 4.15. The molecule has 0 spiro atoms. The molecule has 0 atom stereocenters. The monoisotopic (exact) mass is 268 g/mol. The zero-order chi connectivity index (χ0) is 13.8. The molecule has 2 aromatic heterocycles. The Morgan fingerprint density at radius 1 is 1.25 bits per heavy atom. The Labute approximate surface area is 114 Å². The van der Waals surface area contributed by atoms with E-state index >= 15 is 0 Å². The molecule has 7 nitrogen and oxygen atoms in total. The molecule has 0 aliphatic carbocycles. The largest absolute Gasteiger partial charge is 0.345 e. The average Bonchev–Trinajstić information content (AvgIpc) is 3.18. The van der Waals surface area contributed by atoms with Crippen LogP contribution in [0.5, 0.6) is 0 Å². The minimum Gasteiger partial charge on any atom is -0.345 e. The first-order valence-corrected chi connectivity index (χ1v) is 6.07. The molecule has 0 bridgehead atoms. The summed E-state index contributed by atoms with van der Waals surface area (Å²) in [7, 11) is 0. The van der Waals surface area contributed by atoms with Crippen LogP contribution in [-0.2, 0) is 6.54 Å². The highest BCUT2D eigenvalue weighted by Gasteiger charge is 2.07. The van der Waals surface area contributed by atoms with Gasteiger partial charge in [-0.25, -0.2) is 0 Å². The van der Waals surface area contributed by atoms with Gasteiger partial charge in [0.15, 0.2) is 5.82 Å². The van der Waals surface area contributed by atoms with Gasteiger partial charge in [-0.2, -0.15) is 5.21 Å². The summed E-state index contributed by atoms with van der Waals surface area (Å²) in [6.07, 6.45) is 3.85. The summed E-state index contributed by atoms with van der Waals surface area (Å²) >= 11 is 0. The molecule has 0 fully saturated rings. The van der Waals surface area contributed by atoms with Crippen molar-refractivity contribution in [3.8, 4) is 5.69 Å². The van der Waals surface area contributed by atoms with Gasteiger partial charge in [-0.05, 0) is 30.3 Å². The maximum atomic E-state index is 12.1. The minimum atomic E-state index is -0.177. The molecule has 1 amide bonds. The van der Waals surface area contributed by atoms with E-state index in [0.717, 1.165) is 5.69 Å². The molecule has 3 aromatic rings. The number of carbonyl (C=O) groups excluding carboxylic acids is 1. The minimum absolute atomic E-state index is 0.177. The zero-order valence-corrected chi connectivity index (χ0v) is 10.5. The summed E-state index contributed by atoms with van der Waals surface area (Å²) in [5, 5.41) is 16.1. The smallest absolute Gasteiger partial charge is 0.251 e. The number of carbonyl (C=O) groups is 1. The lowest BCUT2D eigenvalue weighted by atomic mass is 10.2. The van der Waals surface area contributed by atoms with Gasteiger partial charge < -0.3 is 9.88 Å². The summed E-state index contributed by atoms with van der Waals surface area (Å²) < 4.78 is 1.94. The van der Waals surface area contributed by atoms with Crippen LogP contribution in [0.2, 0.25) is 0 Å². The van der Waals surface area contributed by atoms with Crippen LogP contribution < -0.4 is 5.32 Å². The van der Waals surface area contributed by atoms with Crippen LogP contribution in [0.15, 0.2) is 48.8 Å². The van der Waals surface area contributed by atoms with Gasteiger partial charge in [-0.1, -0.05) is 11.3 Å². The maximum Gasteiger partial charge on any atom is 0.251 e. The number of hydrogen-bond donors (Lipinski definition) is 2. The van der Waals surface area contributed by atoms with Crippen molar-refractivity contribution in [3.63, 3.8) is 0 Å². The van der Waals surface area contributed by atoms with E-state index in [-0.39, 0.29) is 12.5 Å². The molecule has 20 heavy (non-hydrogen) atoms. The first kappa shape index (κ1) is 12.1. The number of amides is 1. The predicted molar refractivity (Wildman–Crippen MR) is 71.1 cm³/mol. The third kappa shape index (κ3) is 2.56. The second-order valence-corrected chi connectivity index (χ2v) is 4.15. The normalized spacial score (nSPS) is 10.4. The predicted octanol–water partition coefficient (Wildman–Crippen LogP) is 0.920. The number of hydrogen-bond acceptors (Lipinski definition) is 4. The highest BCUT2D eigenvalue weighted by molar-refractivity contribution is 5.94. The number of H-pyrrole nitrogens is 1. The van der Waals surface area contributed by atoms with Gasteiger partial charge in [-0.15, -0.1) is 10.2 Å². The van der Waals surface area contributed by atoms with Crippen LogP contribution in [0.4, 0.5) is 0 Å². The van der Waals surface area contributed by atoms with Crippen LogP contribution in [0.25, 0.3) is 5.69 Å². The van der Waals surface area contributed by atoms with Crippen molar-refractivity contribution >= 4 is 5.91 Å². The summed E-state index contributed by atoms with van der Waals surface area (Å²) in [5.74, 6) is 0.267. The highest BCUT2D eigenvalue weighted by atomic mass is 16.1. The number of nitrogens with one attached hydrogen (secondary N) is 2. The lowest BCUT2D eigenvalue weighted by Crippen LogP contribution is -2.23. The first-order chi connectivity index (χ1) is 9.83. The van der Waals surface area contributed by atoms with E-state index in [9.17, 15) is 4.79 Å². The Bertz CT molecular complexity index is 689. The van der Waals surface area contributed by atoms with Gasteiger partial charge >= 0.3 is 0 Å². The van der Waals surface area contributed by atoms with Crippen LogP contribution in [-0.4, -0.2) is 31.1 Å². The Hall–Kier alpha value is -2.96. The van der Waals surface area contributed by atoms with Crippen LogP contribution >= 0.6 is 0 Å². The summed E-state index contributed by atoms with van der Waals surface area (Å²) in [6, 6.07) is 11.2. The number of tetrazole rings is 1. The molecule has 100 valence electrons. The molecule has 7 heteroatoms. The highest BCUT2D eigenvalue weighted by Crippen LogP contribution is 2.11. The molecule has 1 aromatic carbocycles. The SMILES string of the molecule is O=C(NCc1nn[nH]n1)c1cccc(-n2cccc2)c1. The number of aromatic amines is 1. The van der Waals surface area contributed by atoms with Gasteiger partial charge in [0.1, 0.15) is 0 Å². The summed E-state index contributed by atoms with van der Waals surface area (Å²) in [6.45, 7) is 0.239. The average molecular weight is 268 g/mol. The van der Waals surface area contributed by atoms with Crippen LogP contribution in [0.1, 0.15) is 16.2 Å². The standard InChI is InChI=1S/C13H12N6O/c20-13(14-9-12-15-17-18-16-12)10-4-3-5-11(8-10)19-6-1-2-7-19/h1-8H,9H2,(H,14,20)(H,15,16,17,18). The Kier molecular flexibility index (Phi) is 3.24. The maximum absolute atomic E-state index is 12.1. The fraction of sp³-hybridized carbons (Fsp3) is 0.0769. The topological polar surface area (TPSA) is 88.5 Å². The lowest BCUT2D eigenvalue weighted by molar-refractivity contribution is 0.0950. The van der Waals surface area contributed by atoms with E-state index in [1.54, 1.807) is 6.07 Å². The van der Waals surface area contributed by atoms with Crippen molar-refractivity contribution < 1.29 is 4.79 Å². The molecule has 2 heterocycles. The van der Waals surface area contributed by atoms with E-state index in [4.69, 9.17) is 0 Å². The molecule has 0 unspecified atom stereocenters. The van der Waals surface area contributed by atoms with Crippen molar-refractivity contribution in [1.82, 2.24) is 30.5 Å². The number of rotatable bonds is 4. The molecule has 0 saturated heterocycles. The van der Waals surface area contributed by atoms with Crippen molar-refractivity contribution in [2.45, 2.75) is 6.54 Å². The van der Waals surface area contributed by atoms with Gasteiger partial charge in [0.25, 0.3) is 5.91 Å². The van der Waals surface area contributed by atoms with Gasteiger partial charge in [0.2, 0.25) is 0 Å². The zero-order valence-electron chi connectivity index (χ0n) is 10.5. The molecule has 0 saturated carbocycles. The van der Waals surface area contributed by atoms with E-state index in [1.165, 1.54) is 0 Å². The Morgan fingerprint density at radius 3 is 2.85 bits per heavy atom. The Morgan fingerprint density at radius 2 is 2.10 bits per heavy atom. The number of aromatic nitrogens is 5. The number of nitrogens with zero attached hydrogens (tertiary/aromatic N) is 4.